The Kier molecular flexibility index (Phi) is 4.72. The fourth-order valence-electron chi connectivity index (χ4n) is 2.56. The van der Waals surface area contributed by atoms with E-state index in [1.165, 1.54) is 18.9 Å². The van der Waals surface area contributed by atoms with E-state index in [4.69, 9.17) is 10.5 Å². The third-order valence-electron chi connectivity index (χ3n) is 3.71. The molecule has 0 saturated heterocycles. The molecule has 0 heterocycles. The van der Waals surface area contributed by atoms with Gasteiger partial charge in [0.15, 0.2) is 0 Å². The van der Waals surface area contributed by atoms with E-state index in [0.717, 1.165) is 19.3 Å². The highest BCUT2D eigenvalue weighted by atomic mass is 19.1. The number of hydrogen-bond acceptors (Lipinski definition) is 2. The second-order valence-electron chi connectivity index (χ2n) is 5.06. The first-order valence-corrected chi connectivity index (χ1v) is 6.87. The molecule has 2 nitrogen and oxygen atoms in total. The molecule has 0 bridgehead atoms. The van der Waals surface area contributed by atoms with Crippen LogP contribution in [-0.2, 0) is 4.74 Å². The molecule has 0 aliphatic heterocycles. The monoisotopic (exact) mass is 251 g/mol. The molecule has 18 heavy (non-hydrogen) atoms. The van der Waals surface area contributed by atoms with Gasteiger partial charge in [0.25, 0.3) is 0 Å². The fraction of sp³-hybridized carbons (Fsp3) is 0.600. The van der Waals surface area contributed by atoms with Gasteiger partial charge in [0.05, 0.1) is 6.10 Å². The second kappa shape index (κ2) is 6.30. The summed E-state index contributed by atoms with van der Waals surface area (Å²) < 4.78 is 19.9. The number of hydrogen-bond donors (Lipinski definition) is 1. The maximum atomic E-state index is 13.9. The summed E-state index contributed by atoms with van der Waals surface area (Å²) in [5, 5.41) is 0. The third kappa shape index (κ3) is 3.09. The van der Waals surface area contributed by atoms with E-state index in [2.05, 4.69) is 0 Å². The average molecular weight is 251 g/mol. The first-order chi connectivity index (χ1) is 8.72. The van der Waals surface area contributed by atoms with Crippen LogP contribution in [0.5, 0.6) is 0 Å². The summed E-state index contributed by atoms with van der Waals surface area (Å²) in [5.74, 6) is -0.218. The van der Waals surface area contributed by atoms with E-state index < -0.39 is 0 Å². The van der Waals surface area contributed by atoms with Crippen LogP contribution in [0.4, 0.5) is 4.39 Å². The summed E-state index contributed by atoms with van der Waals surface area (Å²) >= 11 is 0. The summed E-state index contributed by atoms with van der Waals surface area (Å²) in [6.07, 6.45) is 5.26. The Labute approximate surface area is 108 Å². The molecule has 1 aromatic rings. The molecule has 1 aliphatic rings. The van der Waals surface area contributed by atoms with Gasteiger partial charge in [0.2, 0.25) is 0 Å². The smallest absolute Gasteiger partial charge is 0.129 e. The van der Waals surface area contributed by atoms with Gasteiger partial charge >= 0.3 is 0 Å². The number of ether oxygens (including phenoxy) is 1. The van der Waals surface area contributed by atoms with Crippen LogP contribution in [0, 0.1) is 5.82 Å². The van der Waals surface area contributed by atoms with Gasteiger partial charge in [-0.2, -0.15) is 0 Å². The molecular weight excluding hydrogens is 229 g/mol. The molecule has 1 aromatic carbocycles. The van der Waals surface area contributed by atoms with Crippen molar-refractivity contribution >= 4 is 0 Å². The summed E-state index contributed by atoms with van der Waals surface area (Å²) in [6.45, 7) is 2.01. The minimum Gasteiger partial charge on any atom is -0.369 e. The predicted molar refractivity (Wildman–Crippen MR) is 70.7 cm³/mol. The van der Waals surface area contributed by atoms with Crippen molar-refractivity contribution in [2.75, 3.05) is 0 Å². The van der Waals surface area contributed by atoms with Crippen LogP contribution in [-0.4, -0.2) is 12.1 Å². The number of nitrogens with two attached hydrogens (primary N) is 1. The van der Waals surface area contributed by atoms with E-state index >= 15 is 0 Å². The zero-order valence-electron chi connectivity index (χ0n) is 10.9. The van der Waals surface area contributed by atoms with Crippen molar-refractivity contribution in [2.24, 2.45) is 5.73 Å². The van der Waals surface area contributed by atoms with Crippen molar-refractivity contribution in [3.8, 4) is 0 Å². The minimum atomic E-state index is -0.320. The molecule has 0 aromatic heterocycles. The lowest BCUT2D eigenvalue weighted by Gasteiger charge is -2.27. The largest absolute Gasteiger partial charge is 0.369 e. The average Bonchev–Trinajstić information content (AvgIpc) is 2.89. The maximum Gasteiger partial charge on any atom is 0.129 e. The number of halogens is 1. The lowest BCUT2D eigenvalue weighted by Crippen LogP contribution is -2.32. The molecule has 2 N–H and O–H groups in total. The van der Waals surface area contributed by atoms with Crippen LogP contribution >= 0.6 is 0 Å². The van der Waals surface area contributed by atoms with Crippen molar-refractivity contribution < 1.29 is 9.13 Å². The Morgan fingerprint density at radius 1 is 1.33 bits per heavy atom. The standard InChI is InChI=1S/C15H22FNO/c1-2-14(17)15(18-11-7-3-4-8-11)12-9-5-6-10-13(12)16/h5-6,9-11,14-15H,2-4,7-8,17H2,1H3. The van der Waals surface area contributed by atoms with Crippen LogP contribution in [0.15, 0.2) is 24.3 Å². The summed E-state index contributed by atoms with van der Waals surface area (Å²) in [6, 6.07) is 6.64. The van der Waals surface area contributed by atoms with Gasteiger partial charge in [-0.1, -0.05) is 38.0 Å². The van der Waals surface area contributed by atoms with E-state index in [1.807, 2.05) is 13.0 Å². The second-order valence-corrected chi connectivity index (χ2v) is 5.06. The highest BCUT2D eigenvalue weighted by Gasteiger charge is 2.27. The Morgan fingerprint density at radius 2 is 2.00 bits per heavy atom. The third-order valence-corrected chi connectivity index (χ3v) is 3.71. The van der Waals surface area contributed by atoms with Crippen molar-refractivity contribution in [2.45, 2.75) is 57.3 Å². The molecule has 2 unspecified atom stereocenters. The molecular formula is C15H22FNO. The van der Waals surface area contributed by atoms with Crippen molar-refractivity contribution in [1.29, 1.82) is 0 Å². The maximum absolute atomic E-state index is 13.9. The normalized spacial score (nSPS) is 19.9. The van der Waals surface area contributed by atoms with Gasteiger partial charge in [-0.25, -0.2) is 4.39 Å². The van der Waals surface area contributed by atoms with Crippen LogP contribution in [0.25, 0.3) is 0 Å². The topological polar surface area (TPSA) is 35.2 Å². The molecule has 1 fully saturated rings. The molecule has 0 amide bonds. The molecule has 0 radical (unpaired) electrons. The predicted octanol–water partition coefficient (Wildman–Crippen LogP) is 3.56. The SMILES string of the molecule is CCC(N)C(OC1CCCC1)c1ccccc1F. The van der Waals surface area contributed by atoms with Crippen LogP contribution in [0.1, 0.15) is 50.7 Å². The van der Waals surface area contributed by atoms with Gasteiger partial charge in [-0.15, -0.1) is 0 Å². The van der Waals surface area contributed by atoms with Crippen molar-refractivity contribution in [3.63, 3.8) is 0 Å². The molecule has 2 atom stereocenters. The molecule has 1 aliphatic carbocycles. The highest BCUT2D eigenvalue weighted by Crippen LogP contribution is 2.31. The van der Waals surface area contributed by atoms with Crippen molar-refractivity contribution in [3.05, 3.63) is 35.6 Å². The Hall–Kier alpha value is -0.930. The van der Waals surface area contributed by atoms with E-state index in [0.29, 0.717) is 5.56 Å². The Bertz CT molecular complexity index is 377. The lowest BCUT2D eigenvalue weighted by molar-refractivity contribution is -0.0254. The fourth-order valence-corrected chi connectivity index (χ4v) is 2.56. The first kappa shape index (κ1) is 13.5. The zero-order valence-corrected chi connectivity index (χ0v) is 10.9. The minimum absolute atomic E-state index is 0.150. The van der Waals surface area contributed by atoms with Crippen molar-refractivity contribution in [1.82, 2.24) is 0 Å². The van der Waals surface area contributed by atoms with Gasteiger partial charge in [-0.05, 0) is 25.3 Å². The molecule has 3 heteroatoms. The molecule has 100 valence electrons. The molecule has 0 spiro atoms. The van der Waals surface area contributed by atoms with Gasteiger partial charge < -0.3 is 10.5 Å². The number of rotatable bonds is 5. The first-order valence-electron chi connectivity index (χ1n) is 6.87. The number of benzene rings is 1. The van der Waals surface area contributed by atoms with E-state index in [-0.39, 0.29) is 24.1 Å². The quantitative estimate of drug-likeness (QED) is 0.868. The lowest BCUT2D eigenvalue weighted by atomic mass is 10.00. The van der Waals surface area contributed by atoms with Crippen LogP contribution < -0.4 is 5.73 Å². The summed E-state index contributed by atoms with van der Waals surface area (Å²) in [7, 11) is 0. The van der Waals surface area contributed by atoms with E-state index in [9.17, 15) is 4.39 Å². The Balaban J connectivity index is 2.16. The van der Waals surface area contributed by atoms with Gasteiger partial charge in [0, 0.05) is 11.6 Å². The summed E-state index contributed by atoms with van der Waals surface area (Å²) in [4.78, 5) is 0. The zero-order chi connectivity index (χ0) is 13.0. The van der Waals surface area contributed by atoms with Crippen LogP contribution in [0.3, 0.4) is 0 Å². The highest BCUT2D eigenvalue weighted by molar-refractivity contribution is 5.21. The van der Waals surface area contributed by atoms with Crippen LogP contribution in [0.2, 0.25) is 0 Å². The summed E-state index contributed by atoms with van der Waals surface area (Å²) in [5.41, 5.74) is 6.70. The molecule has 1 saturated carbocycles. The molecule has 2 rings (SSSR count). The van der Waals surface area contributed by atoms with Gasteiger partial charge in [-0.3, -0.25) is 0 Å². The van der Waals surface area contributed by atoms with E-state index in [1.54, 1.807) is 12.1 Å². The van der Waals surface area contributed by atoms with Gasteiger partial charge in [0.1, 0.15) is 11.9 Å². The Morgan fingerprint density at radius 3 is 2.61 bits per heavy atom.